The number of rotatable bonds is 4. The Bertz CT molecular complexity index is 616. The van der Waals surface area contributed by atoms with Crippen molar-refractivity contribution in [2.75, 3.05) is 38.0 Å². The van der Waals surface area contributed by atoms with Gasteiger partial charge >= 0.3 is 0 Å². The molecule has 4 heteroatoms. The second kappa shape index (κ2) is 8.53. The molecule has 4 rings (SSSR count). The van der Waals surface area contributed by atoms with Crippen LogP contribution in [0.5, 0.6) is 0 Å². The lowest BCUT2D eigenvalue weighted by molar-refractivity contribution is -0.117. The van der Waals surface area contributed by atoms with Gasteiger partial charge in [-0.25, -0.2) is 0 Å². The van der Waals surface area contributed by atoms with Crippen molar-refractivity contribution >= 4 is 11.6 Å². The number of carbonyl (C=O) groups excluding carboxylic acids is 1. The molecule has 1 aliphatic carbocycles. The predicted molar refractivity (Wildman–Crippen MR) is 107 cm³/mol. The maximum atomic E-state index is 12.6. The highest BCUT2D eigenvalue weighted by Crippen LogP contribution is 2.28. The van der Waals surface area contributed by atoms with Gasteiger partial charge in [0.25, 0.3) is 0 Å². The molecule has 0 aromatic heterocycles. The first-order valence-corrected chi connectivity index (χ1v) is 10.7. The number of amides is 1. The van der Waals surface area contributed by atoms with E-state index in [9.17, 15) is 4.79 Å². The van der Waals surface area contributed by atoms with Crippen molar-refractivity contribution < 1.29 is 4.79 Å². The summed E-state index contributed by atoms with van der Waals surface area (Å²) in [5, 5.41) is 3.20. The van der Waals surface area contributed by atoms with Crippen molar-refractivity contribution in [1.29, 1.82) is 0 Å². The number of hydrogen-bond acceptors (Lipinski definition) is 3. The highest BCUT2D eigenvalue weighted by molar-refractivity contribution is 5.93. The van der Waals surface area contributed by atoms with E-state index in [-0.39, 0.29) is 5.91 Å². The summed E-state index contributed by atoms with van der Waals surface area (Å²) in [6.45, 7) is 5.22. The van der Waals surface area contributed by atoms with E-state index in [2.05, 4.69) is 33.3 Å². The summed E-state index contributed by atoms with van der Waals surface area (Å²) in [5.41, 5.74) is 3.85. The molecular weight excluding hydrogens is 322 g/mol. The summed E-state index contributed by atoms with van der Waals surface area (Å²) >= 11 is 0. The number of anilines is 1. The van der Waals surface area contributed by atoms with Crippen LogP contribution in [0.25, 0.3) is 0 Å². The van der Waals surface area contributed by atoms with E-state index in [1.807, 2.05) is 0 Å². The summed E-state index contributed by atoms with van der Waals surface area (Å²) in [5.74, 6) is 0.153. The monoisotopic (exact) mass is 355 g/mol. The van der Waals surface area contributed by atoms with Gasteiger partial charge in [0.15, 0.2) is 0 Å². The molecule has 1 amide bonds. The maximum Gasteiger partial charge on any atom is 0.238 e. The number of carbonyl (C=O) groups is 1. The minimum atomic E-state index is 0.153. The van der Waals surface area contributed by atoms with Crippen LogP contribution >= 0.6 is 0 Å². The predicted octanol–water partition coefficient (Wildman–Crippen LogP) is 3.45. The molecule has 0 atom stereocenters. The normalized spacial score (nSPS) is 22.8. The number of likely N-dealkylation sites (tertiary alicyclic amines) is 2. The van der Waals surface area contributed by atoms with Gasteiger partial charge in [0.05, 0.1) is 6.54 Å². The van der Waals surface area contributed by atoms with Crippen LogP contribution in [0.1, 0.15) is 56.1 Å². The van der Waals surface area contributed by atoms with E-state index in [1.54, 1.807) is 0 Å². The molecular formula is C22H33N3O. The van der Waals surface area contributed by atoms with Crippen LogP contribution in [0.3, 0.4) is 0 Å². The molecule has 1 aromatic rings. The van der Waals surface area contributed by atoms with Gasteiger partial charge in [-0.2, -0.15) is 0 Å². The van der Waals surface area contributed by atoms with Gasteiger partial charge in [-0.05, 0) is 81.6 Å². The fourth-order valence-corrected chi connectivity index (χ4v) is 5.02. The Hall–Kier alpha value is -1.39. The molecule has 142 valence electrons. The van der Waals surface area contributed by atoms with E-state index < -0.39 is 0 Å². The van der Waals surface area contributed by atoms with Gasteiger partial charge in [-0.3, -0.25) is 9.69 Å². The molecule has 4 nitrogen and oxygen atoms in total. The van der Waals surface area contributed by atoms with Crippen molar-refractivity contribution in [2.24, 2.45) is 0 Å². The van der Waals surface area contributed by atoms with Crippen LogP contribution in [0.4, 0.5) is 5.69 Å². The largest absolute Gasteiger partial charge is 0.325 e. The van der Waals surface area contributed by atoms with Gasteiger partial charge < -0.3 is 10.2 Å². The molecule has 2 heterocycles. The number of fused-ring (bicyclic) bond motifs is 1. The zero-order valence-electron chi connectivity index (χ0n) is 16.0. The molecule has 1 aromatic carbocycles. The first-order chi connectivity index (χ1) is 12.8. The molecule has 2 saturated heterocycles. The molecule has 26 heavy (non-hydrogen) atoms. The number of nitrogens with one attached hydrogen (secondary N) is 1. The second-order valence-corrected chi connectivity index (χ2v) is 8.30. The third-order valence-corrected chi connectivity index (χ3v) is 6.50. The van der Waals surface area contributed by atoms with Crippen LogP contribution in [-0.2, 0) is 17.6 Å². The van der Waals surface area contributed by atoms with Crippen LogP contribution in [0, 0.1) is 0 Å². The third kappa shape index (κ3) is 4.29. The van der Waals surface area contributed by atoms with Gasteiger partial charge in [-0.15, -0.1) is 0 Å². The summed E-state index contributed by atoms with van der Waals surface area (Å²) in [7, 11) is 0. The summed E-state index contributed by atoms with van der Waals surface area (Å²) in [6.07, 6.45) is 11.3. The average molecular weight is 356 g/mol. The highest BCUT2D eigenvalue weighted by Gasteiger charge is 2.26. The summed E-state index contributed by atoms with van der Waals surface area (Å²) in [6, 6.07) is 7.13. The average Bonchev–Trinajstić information content (AvgIpc) is 2.69. The molecule has 1 N–H and O–H groups in total. The Kier molecular flexibility index (Phi) is 5.91. The molecule has 0 unspecified atom stereocenters. The molecule has 2 fully saturated rings. The van der Waals surface area contributed by atoms with E-state index in [1.165, 1.54) is 69.2 Å². The fourth-order valence-electron chi connectivity index (χ4n) is 5.02. The minimum Gasteiger partial charge on any atom is -0.325 e. The minimum absolute atomic E-state index is 0.153. The van der Waals surface area contributed by atoms with Crippen LogP contribution in [0.2, 0.25) is 0 Å². The van der Waals surface area contributed by atoms with Gasteiger partial charge in [0.1, 0.15) is 0 Å². The topological polar surface area (TPSA) is 35.6 Å². The smallest absolute Gasteiger partial charge is 0.238 e. The number of piperidine rings is 2. The standard InChI is InChI=1S/C22H33N3O/c26-22(23-21-10-6-8-18-7-2-3-9-20(18)21)17-24-15-11-19(12-16-24)25-13-4-1-5-14-25/h6,8,10,19H,1-5,7,9,11-17H2,(H,23,26). The Morgan fingerprint density at radius 3 is 2.54 bits per heavy atom. The van der Waals surface area contributed by atoms with Crippen LogP contribution in [0.15, 0.2) is 18.2 Å². The van der Waals surface area contributed by atoms with Gasteiger partial charge in [0.2, 0.25) is 5.91 Å². The molecule has 0 radical (unpaired) electrons. The molecule has 2 aliphatic heterocycles. The maximum absolute atomic E-state index is 12.6. The first kappa shape index (κ1) is 18.0. The quantitative estimate of drug-likeness (QED) is 0.898. The Morgan fingerprint density at radius 1 is 0.962 bits per heavy atom. The lowest BCUT2D eigenvalue weighted by Crippen LogP contribution is -2.48. The van der Waals surface area contributed by atoms with Crippen LogP contribution in [-0.4, -0.2) is 54.5 Å². The highest BCUT2D eigenvalue weighted by atomic mass is 16.2. The van der Waals surface area contributed by atoms with Crippen molar-refractivity contribution in [3.63, 3.8) is 0 Å². The van der Waals surface area contributed by atoms with Gasteiger partial charge in [0, 0.05) is 24.8 Å². The lowest BCUT2D eigenvalue weighted by atomic mass is 9.90. The Labute approximate surface area is 157 Å². The van der Waals surface area contributed by atoms with E-state index in [4.69, 9.17) is 0 Å². The Balaban J connectivity index is 1.27. The molecule has 0 saturated carbocycles. The van der Waals surface area contributed by atoms with E-state index in [0.29, 0.717) is 6.54 Å². The van der Waals surface area contributed by atoms with Crippen LogP contribution < -0.4 is 5.32 Å². The first-order valence-electron chi connectivity index (χ1n) is 10.7. The molecule has 3 aliphatic rings. The van der Waals surface area contributed by atoms with Crippen molar-refractivity contribution in [1.82, 2.24) is 9.80 Å². The number of benzene rings is 1. The second-order valence-electron chi connectivity index (χ2n) is 8.30. The van der Waals surface area contributed by atoms with Crippen molar-refractivity contribution in [3.05, 3.63) is 29.3 Å². The lowest BCUT2D eigenvalue weighted by Gasteiger charge is -2.40. The zero-order valence-corrected chi connectivity index (χ0v) is 16.0. The van der Waals surface area contributed by atoms with Gasteiger partial charge in [-0.1, -0.05) is 18.6 Å². The summed E-state index contributed by atoms with van der Waals surface area (Å²) in [4.78, 5) is 17.6. The molecule has 0 bridgehead atoms. The molecule has 0 spiro atoms. The number of aryl methyl sites for hydroxylation is 1. The zero-order chi connectivity index (χ0) is 17.8. The Morgan fingerprint density at radius 2 is 1.73 bits per heavy atom. The van der Waals surface area contributed by atoms with Crippen molar-refractivity contribution in [2.45, 2.75) is 63.8 Å². The van der Waals surface area contributed by atoms with E-state index in [0.717, 1.165) is 37.7 Å². The summed E-state index contributed by atoms with van der Waals surface area (Å²) < 4.78 is 0. The SMILES string of the molecule is O=C(CN1CCC(N2CCCCC2)CC1)Nc1cccc2c1CCCC2. The fraction of sp³-hybridized carbons (Fsp3) is 0.682. The van der Waals surface area contributed by atoms with Crippen molar-refractivity contribution in [3.8, 4) is 0 Å². The number of nitrogens with zero attached hydrogens (tertiary/aromatic N) is 2. The number of hydrogen-bond donors (Lipinski definition) is 1. The third-order valence-electron chi connectivity index (χ3n) is 6.50. The van der Waals surface area contributed by atoms with E-state index >= 15 is 0 Å².